The van der Waals surface area contributed by atoms with Crippen LogP contribution in [0.25, 0.3) is 22.6 Å². The molecule has 0 aliphatic carbocycles. The zero-order valence-electron chi connectivity index (χ0n) is 13.0. The van der Waals surface area contributed by atoms with Crippen LogP contribution in [0.5, 0.6) is 5.75 Å². The summed E-state index contributed by atoms with van der Waals surface area (Å²) >= 11 is 0. The van der Waals surface area contributed by atoms with Crippen molar-refractivity contribution in [1.29, 1.82) is 0 Å². The van der Waals surface area contributed by atoms with E-state index in [1.807, 2.05) is 6.07 Å². The van der Waals surface area contributed by atoms with Gasteiger partial charge < -0.3 is 14.8 Å². The first-order chi connectivity index (χ1) is 12.2. The van der Waals surface area contributed by atoms with Crippen LogP contribution in [0.15, 0.2) is 71.4 Å². The highest BCUT2D eigenvalue weighted by molar-refractivity contribution is 6.04. The SMILES string of the molecule is O=C(Nc1ccc(-c2nc3cnccc3o2)c(O)c1)c1ccccc1. The van der Waals surface area contributed by atoms with Crippen LogP contribution in [0.2, 0.25) is 0 Å². The van der Waals surface area contributed by atoms with Gasteiger partial charge in [0.1, 0.15) is 11.3 Å². The largest absolute Gasteiger partial charge is 0.507 e. The van der Waals surface area contributed by atoms with Gasteiger partial charge in [-0.25, -0.2) is 4.98 Å². The number of hydrogen-bond acceptors (Lipinski definition) is 5. The van der Waals surface area contributed by atoms with Gasteiger partial charge in [0, 0.05) is 29.6 Å². The zero-order valence-corrected chi connectivity index (χ0v) is 13.0. The van der Waals surface area contributed by atoms with E-state index in [4.69, 9.17) is 4.42 Å². The number of hydrogen-bond donors (Lipinski definition) is 2. The lowest BCUT2D eigenvalue weighted by atomic mass is 10.1. The maximum atomic E-state index is 12.2. The molecule has 4 aromatic rings. The van der Waals surface area contributed by atoms with E-state index in [0.29, 0.717) is 33.8 Å². The van der Waals surface area contributed by atoms with E-state index >= 15 is 0 Å². The Labute approximate surface area is 142 Å². The highest BCUT2D eigenvalue weighted by Crippen LogP contribution is 2.32. The van der Waals surface area contributed by atoms with E-state index in [0.717, 1.165) is 0 Å². The molecule has 0 atom stereocenters. The lowest BCUT2D eigenvalue weighted by Gasteiger charge is -2.07. The van der Waals surface area contributed by atoms with Gasteiger partial charge >= 0.3 is 0 Å². The van der Waals surface area contributed by atoms with Gasteiger partial charge in [-0.3, -0.25) is 9.78 Å². The molecule has 25 heavy (non-hydrogen) atoms. The Balaban J connectivity index is 1.61. The standard InChI is InChI=1S/C19H13N3O3/c23-16-10-13(21-18(24)12-4-2-1-3-5-12)6-7-14(16)19-22-15-11-20-9-8-17(15)25-19/h1-11,23H,(H,21,24). The summed E-state index contributed by atoms with van der Waals surface area (Å²) in [5.74, 6) is 0.00694. The molecule has 2 N–H and O–H groups in total. The number of fused-ring (bicyclic) bond motifs is 1. The summed E-state index contributed by atoms with van der Waals surface area (Å²) in [7, 11) is 0. The second-order valence-electron chi connectivity index (χ2n) is 5.41. The molecule has 2 heterocycles. The van der Waals surface area contributed by atoms with Crippen LogP contribution < -0.4 is 5.32 Å². The van der Waals surface area contributed by atoms with E-state index in [2.05, 4.69) is 15.3 Å². The molecule has 6 heteroatoms. The Hall–Kier alpha value is -3.67. The first-order valence-corrected chi connectivity index (χ1v) is 7.61. The summed E-state index contributed by atoms with van der Waals surface area (Å²) < 4.78 is 5.63. The molecule has 0 fully saturated rings. The fraction of sp³-hybridized carbons (Fsp3) is 0. The summed E-state index contributed by atoms with van der Waals surface area (Å²) in [5, 5.41) is 13.0. The van der Waals surface area contributed by atoms with Gasteiger partial charge in [0.25, 0.3) is 5.91 Å². The van der Waals surface area contributed by atoms with Crippen LogP contribution in [0.4, 0.5) is 5.69 Å². The van der Waals surface area contributed by atoms with Gasteiger partial charge in [-0.1, -0.05) is 18.2 Å². The topological polar surface area (TPSA) is 88.3 Å². The normalized spacial score (nSPS) is 10.7. The third-order valence-electron chi connectivity index (χ3n) is 3.71. The van der Waals surface area contributed by atoms with E-state index in [-0.39, 0.29) is 11.7 Å². The molecule has 0 radical (unpaired) electrons. The van der Waals surface area contributed by atoms with Crippen molar-refractivity contribution in [2.24, 2.45) is 0 Å². The average molecular weight is 331 g/mol. The number of phenolic OH excluding ortho intramolecular Hbond substituents is 1. The van der Waals surface area contributed by atoms with Crippen LogP contribution in [0.1, 0.15) is 10.4 Å². The molecule has 0 spiro atoms. The van der Waals surface area contributed by atoms with Crippen LogP contribution in [-0.4, -0.2) is 21.0 Å². The minimum absolute atomic E-state index is 0.0367. The third kappa shape index (κ3) is 2.92. The number of nitrogens with zero attached hydrogens (tertiary/aromatic N) is 2. The number of carbonyl (C=O) groups excluding carboxylic acids is 1. The molecule has 4 rings (SSSR count). The smallest absolute Gasteiger partial charge is 0.255 e. The first-order valence-electron chi connectivity index (χ1n) is 7.61. The van der Waals surface area contributed by atoms with Crippen LogP contribution in [-0.2, 0) is 0 Å². The number of aromatic hydroxyl groups is 1. The van der Waals surface area contributed by atoms with Crippen molar-refractivity contribution in [1.82, 2.24) is 9.97 Å². The number of nitrogens with one attached hydrogen (secondary N) is 1. The maximum absolute atomic E-state index is 12.2. The summed E-state index contributed by atoms with van der Waals surface area (Å²) in [5.41, 5.74) is 2.66. The average Bonchev–Trinajstić information content (AvgIpc) is 3.06. The summed E-state index contributed by atoms with van der Waals surface area (Å²) in [6.07, 6.45) is 3.20. The van der Waals surface area contributed by atoms with Gasteiger partial charge in [0.15, 0.2) is 5.58 Å². The lowest BCUT2D eigenvalue weighted by molar-refractivity contribution is 0.102. The number of amides is 1. The monoisotopic (exact) mass is 331 g/mol. The van der Waals surface area contributed by atoms with Gasteiger partial charge in [-0.05, 0) is 24.3 Å². The fourth-order valence-electron chi connectivity index (χ4n) is 2.48. The van der Waals surface area contributed by atoms with E-state index in [1.165, 1.54) is 6.07 Å². The van der Waals surface area contributed by atoms with Crippen molar-refractivity contribution in [2.45, 2.75) is 0 Å². The van der Waals surface area contributed by atoms with Gasteiger partial charge in [0.05, 0.1) is 11.8 Å². The number of benzene rings is 2. The van der Waals surface area contributed by atoms with Gasteiger partial charge in [-0.15, -0.1) is 0 Å². The lowest BCUT2D eigenvalue weighted by Crippen LogP contribution is -2.11. The molecule has 0 saturated carbocycles. The molecule has 122 valence electrons. The van der Waals surface area contributed by atoms with Crippen LogP contribution >= 0.6 is 0 Å². The second-order valence-corrected chi connectivity index (χ2v) is 5.41. The zero-order chi connectivity index (χ0) is 17.2. The molecular formula is C19H13N3O3. The fourth-order valence-corrected chi connectivity index (χ4v) is 2.48. The molecule has 0 bridgehead atoms. The first kappa shape index (κ1) is 14.9. The predicted molar refractivity (Wildman–Crippen MR) is 93.3 cm³/mol. The van der Waals surface area contributed by atoms with Crippen molar-refractivity contribution in [2.75, 3.05) is 5.32 Å². The number of phenols is 1. The number of oxazole rings is 1. The van der Waals surface area contributed by atoms with E-state index < -0.39 is 0 Å². The number of aromatic nitrogens is 2. The van der Waals surface area contributed by atoms with Crippen molar-refractivity contribution >= 4 is 22.7 Å². The van der Waals surface area contributed by atoms with E-state index in [9.17, 15) is 9.90 Å². The van der Waals surface area contributed by atoms with Crippen molar-refractivity contribution < 1.29 is 14.3 Å². The Morgan fingerprint density at radius 1 is 1.08 bits per heavy atom. The third-order valence-corrected chi connectivity index (χ3v) is 3.71. The maximum Gasteiger partial charge on any atom is 0.255 e. The Morgan fingerprint density at radius 3 is 2.68 bits per heavy atom. The van der Waals surface area contributed by atoms with E-state index in [1.54, 1.807) is 54.9 Å². The molecule has 6 nitrogen and oxygen atoms in total. The van der Waals surface area contributed by atoms with Crippen LogP contribution in [0.3, 0.4) is 0 Å². The Bertz CT molecular complexity index is 1020. The van der Waals surface area contributed by atoms with Crippen molar-refractivity contribution in [3.05, 3.63) is 72.6 Å². The number of rotatable bonds is 3. The molecule has 2 aromatic heterocycles. The van der Waals surface area contributed by atoms with Gasteiger partial charge in [0.2, 0.25) is 5.89 Å². The summed E-state index contributed by atoms with van der Waals surface area (Å²) in [4.78, 5) is 20.5. The van der Waals surface area contributed by atoms with Crippen LogP contribution in [0, 0.1) is 0 Å². The molecule has 0 saturated heterocycles. The molecule has 0 aliphatic rings. The minimum Gasteiger partial charge on any atom is -0.507 e. The number of carbonyl (C=O) groups is 1. The summed E-state index contributed by atoms with van der Waals surface area (Å²) in [6.45, 7) is 0. The molecule has 1 amide bonds. The minimum atomic E-state index is -0.249. The molecule has 0 aliphatic heterocycles. The molecular weight excluding hydrogens is 318 g/mol. The quantitative estimate of drug-likeness (QED) is 0.595. The Kier molecular flexibility index (Phi) is 3.63. The highest BCUT2D eigenvalue weighted by Gasteiger charge is 2.14. The summed E-state index contributed by atoms with van der Waals surface area (Å²) in [6, 6.07) is 15.4. The molecule has 2 aromatic carbocycles. The van der Waals surface area contributed by atoms with Crippen molar-refractivity contribution in [3.63, 3.8) is 0 Å². The second kappa shape index (κ2) is 6.09. The number of pyridine rings is 1. The molecule has 0 unspecified atom stereocenters. The predicted octanol–water partition coefficient (Wildman–Crippen LogP) is 3.85. The number of anilines is 1. The van der Waals surface area contributed by atoms with Gasteiger partial charge in [-0.2, -0.15) is 0 Å². The van der Waals surface area contributed by atoms with Crippen molar-refractivity contribution in [3.8, 4) is 17.2 Å². The Morgan fingerprint density at radius 2 is 1.92 bits per heavy atom. The highest BCUT2D eigenvalue weighted by atomic mass is 16.3.